The maximum Gasteiger partial charge on any atom is 0.259 e. The van der Waals surface area contributed by atoms with Gasteiger partial charge >= 0.3 is 0 Å². The average Bonchev–Trinajstić information content (AvgIpc) is 3.88. The van der Waals surface area contributed by atoms with Gasteiger partial charge in [-0.15, -0.1) is 0 Å². The van der Waals surface area contributed by atoms with Crippen molar-refractivity contribution in [2.24, 2.45) is 5.92 Å². The second-order valence-electron chi connectivity index (χ2n) is 16.4. The number of hydrogen-bond acceptors (Lipinski definition) is 13. The smallest absolute Gasteiger partial charge is 0.259 e. The van der Waals surface area contributed by atoms with Crippen molar-refractivity contribution in [2.45, 2.75) is 110 Å². The summed E-state index contributed by atoms with van der Waals surface area (Å²) in [5.74, 6) is 1.21. The van der Waals surface area contributed by atoms with E-state index in [1.54, 1.807) is 34.4 Å². The van der Waals surface area contributed by atoms with Crippen LogP contribution in [0.25, 0.3) is 11.2 Å². The van der Waals surface area contributed by atoms with Crippen LogP contribution in [0.3, 0.4) is 0 Å². The van der Waals surface area contributed by atoms with Crippen molar-refractivity contribution >= 4 is 31.5 Å². The number of ether oxygens (including phenoxy) is 5. The number of nitriles is 1. The van der Waals surface area contributed by atoms with Crippen LogP contribution in [0.1, 0.15) is 91.1 Å². The molecule has 1 aliphatic rings. The summed E-state index contributed by atoms with van der Waals surface area (Å²) < 4.78 is 49.2. The quantitative estimate of drug-likeness (QED) is 0.0422. The molecule has 1 saturated heterocycles. The third kappa shape index (κ3) is 11.0. The first-order valence-corrected chi connectivity index (χ1v) is 22.5. The van der Waals surface area contributed by atoms with E-state index < -0.39 is 32.6 Å². The monoisotopic (exact) mass is 881 g/mol. The van der Waals surface area contributed by atoms with E-state index in [9.17, 15) is 10.1 Å². The van der Waals surface area contributed by atoms with E-state index in [1.165, 1.54) is 0 Å². The standard InChI is InChI=1S/C47H60N7O8P/c1-30(2)44(55)51-46-50-43-42(45(52-46)60-33(7)8)49-29-53(43)41-27-39(62-63(59-26-14-25-48)54(31(3)4)32(5)6)40(61-41)28-58-47(34-15-12-11-13-16-34,35-17-21-37(56-9)22-18-35)36-19-23-38(57-10)24-20-36/h11-13,15-24,29-33,39-41H,14,26-28H2,1-10H3,(H,50,51,52,55)/t39-,40+,41+,63?/m0/s1. The van der Waals surface area contributed by atoms with Gasteiger partial charge in [-0.3, -0.25) is 14.7 Å². The van der Waals surface area contributed by atoms with E-state index in [0.717, 1.165) is 16.7 Å². The SMILES string of the molecule is COc1ccc(C(OC[C@H]2O[C@@H](n3cnc4c(OC(C)C)nc(NC(=O)C(C)C)nc43)C[C@@H]2OP(OCCC#N)N(C(C)C)C(C)C)(c2ccccc2)c2ccc(OC)cc2)cc1. The fourth-order valence-electron chi connectivity index (χ4n) is 7.54. The van der Waals surface area contributed by atoms with Crippen LogP contribution in [-0.4, -0.2) is 87.9 Å². The Morgan fingerprint density at radius 2 is 1.51 bits per heavy atom. The van der Waals surface area contributed by atoms with Crippen molar-refractivity contribution < 1.29 is 37.5 Å². The molecule has 1 unspecified atom stereocenters. The van der Waals surface area contributed by atoms with Crippen LogP contribution in [0.4, 0.5) is 5.95 Å². The van der Waals surface area contributed by atoms with Gasteiger partial charge in [0.1, 0.15) is 29.4 Å². The van der Waals surface area contributed by atoms with Crippen LogP contribution >= 0.6 is 8.53 Å². The number of imidazole rings is 1. The second kappa shape index (κ2) is 21.5. The highest BCUT2D eigenvalue weighted by molar-refractivity contribution is 7.44. The molecule has 63 heavy (non-hydrogen) atoms. The lowest BCUT2D eigenvalue weighted by Crippen LogP contribution is -2.39. The number of rotatable bonds is 21. The number of anilines is 1. The van der Waals surface area contributed by atoms with Crippen molar-refractivity contribution in [2.75, 3.05) is 32.8 Å². The summed E-state index contributed by atoms with van der Waals surface area (Å²) in [7, 11) is 1.60. The molecule has 15 nitrogen and oxygen atoms in total. The summed E-state index contributed by atoms with van der Waals surface area (Å²) >= 11 is 0. The zero-order valence-electron chi connectivity index (χ0n) is 37.8. The summed E-state index contributed by atoms with van der Waals surface area (Å²) in [6, 6.07) is 28.1. The minimum atomic E-state index is -1.68. The molecule has 0 saturated carbocycles. The fourth-order valence-corrected chi connectivity index (χ4v) is 9.30. The number of benzene rings is 3. The maximum atomic E-state index is 12.9. The Morgan fingerprint density at radius 1 is 0.905 bits per heavy atom. The lowest BCUT2D eigenvalue weighted by Gasteiger charge is -2.39. The molecule has 0 aliphatic carbocycles. The van der Waals surface area contributed by atoms with E-state index in [4.69, 9.17) is 42.7 Å². The molecule has 1 fully saturated rings. The Kier molecular flexibility index (Phi) is 16.1. The lowest BCUT2D eigenvalue weighted by molar-refractivity contribution is -0.118. The normalized spacial score (nSPS) is 17.2. The van der Waals surface area contributed by atoms with Gasteiger partial charge in [-0.1, -0.05) is 68.4 Å². The van der Waals surface area contributed by atoms with Crippen LogP contribution in [0, 0.1) is 17.2 Å². The number of hydrogen-bond donors (Lipinski definition) is 1. The number of amides is 1. The first kappa shape index (κ1) is 47.3. The van der Waals surface area contributed by atoms with Crippen molar-refractivity contribution in [1.82, 2.24) is 24.2 Å². The highest BCUT2D eigenvalue weighted by Crippen LogP contribution is 2.51. The van der Waals surface area contributed by atoms with Crippen molar-refractivity contribution in [1.29, 1.82) is 5.26 Å². The molecule has 336 valence electrons. The van der Waals surface area contributed by atoms with Gasteiger partial charge in [-0.05, 0) is 82.5 Å². The van der Waals surface area contributed by atoms with Crippen molar-refractivity contribution in [3.63, 3.8) is 0 Å². The summed E-state index contributed by atoms with van der Waals surface area (Å²) in [6.45, 7) is 16.1. The fraction of sp³-hybridized carbons (Fsp3) is 0.468. The van der Waals surface area contributed by atoms with Gasteiger partial charge in [0.05, 0.1) is 58.5 Å². The molecule has 3 aromatic carbocycles. The van der Waals surface area contributed by atoms with Crippen LogP contribution in [-0.2, 0) is 28.9 Å². The second-order valence-corrected chi connectivity index (χ2v) is 17.8. The number of methoxy groups -OCH3 is 2. The molecule has 16 heteroatoms. The number of carbonyl (C=O) groups excluding carboxylic acids is 1. The summed E-state index contributed by atoms with van der Waals surface area (Å²) in [6.07, 6.45) is 0.0967. The Morgan fingerprint density at radius 3 is 2.05 bits per heavy atom. The molecule has 0 spiro atoms. The minimum absolute atomic E-state index is 0.0648. The molecule has 1 aliphatic heterocycles. The van der Waals surface area contributed by atoms with Gasteiger partial charge < -0.3 is 32.7 Å². The van der Waals surface area contributed by atoms with Crippen LogP contribution in [0.15, 0.2) is 85.2 Å². The van der Waals surface area contributed by atoms with Gasteiger partial charge in [0.2, 0.25) is 17.7 Å². The molecule has 6 rings (SSSR count). The Labute approximate surface area is 372 Å². The zero-order valence-corrected chi connectivity index (χ0v) is 38.7. The van der Waals surface area contributed by atoms with Crippen LogP contribution < -0.4 is 19.5 Å². The molecule has 2 aromatic heterocycles. The molecular weight excluding hydrogens is 822 g/mol. The highest BCUT2D eigenvalue weighted by Gasteiger charge is 2.45. The van der Waals surface area contributed by atoms with Gasteiger partial charge in [0.15, 0.2) is 11.2 Å². The first-order valence-electron chi connectivity index (χ1n) is 21.4. The Hall–Kier alpha value is -5.20. The topological polar surface area (TPSA) is 164 Å². The maximum absolute atomic E-state index is 12.9. The molecule has 3 heterocycles. The Bertz CT molecular complexity index is 2230. The highest BCUT2D eigenvalue weighted by atomic mass is 31.2. The predicted octanol–water partition coefficient (Wildman–Crippen LogP) is 9.18. The molecule has 5 aromatic rings. The largest absolute Gasteiger partial charge is 0.497 e. The van der Waals surface area contributed by atoms with Crippen molar-refractivity contribution in [3.8, 4) is 23.4 Å². The Balaban J connectivity index is 1.47. The van der Waals surface area contributed by atoms with Gasteiger partial charge in [-0.2, -0.15) is 15.2 Å². The van der Waals surface area contributed by atoms with E-state index in [0.29, 0.717) is 29.1 Å². The lowest BCUT2D eigenvalue weighted by atomic mass is 9.80. The third-order valence-electron chi connectivity index (χ3n) is 10.5. The van der Waals surface area contributed by atoms with Crippen LogP contribution in [0.5, 0.6) is 17.4 Å². The molecule has 1 amide bonds. The van der Waals surface area contributed by atoms with Crippen molar-refractivity contribution in [3.05, 3.63) is 102 Å². The third-order valence-corrected chi connectivity index (χ3v) is 12.7. The van der Waals surface area contributed by atoms with E-state index >= 15 is 0 Å². The van der Waals surface area contributed by atoms with E-state index in [1.807, 2.05) is 85.1 Å². The number of carbonyl (C=O) groups is 1. The molecule has 0 radical (unpaired) electrons. The molecule has 0 bridgehead atoms. The van der Waals surface area contributed by atoms with Crippen LogP contribution in [0.2, 0.25) is 0 Å². The van der Waals surface area contributed by atoms with Gasteiger partial charge in [0, 0.05) is 24.4 Å². The summed E-state index contributed by atoms with van der Waals surface area (Å²) in [5.41, 5.74) is 2.33. The van der Waals surface area contributed by atoms with Gasteiger partial charge in [0.25, 0.3) is 8.53 Å². The average molecular weight is 882 g/mol. The number of nitrogens with one attached hydrogen (secondary N) is 1. The van der Waals surface area contributed by atoms with E-state index in [-0.39, 0.29) is 61.5 Å². The predicted molar refractivity (Wildman–Crippen MR) is 241 cm³/mol. The minimum Gasteiger partial charge on any atom is -0.497 e. The summed E-state index contributed by atoms with van der Waals surface area (Å²) in [4.78, 5) is 26.9. The van der Waals surface area contributed by atoms with E-state index in [2.05, 4.69) is 60.9 Å². The number of aromatic nitrogens is 4. The number of fused-ring (bicyclic) bond motifs is 1. The zero-order chi connectivity index (χ0) is 45.3. The molecule has 1 N–H and O–H groups in total. The number of nitrogens with zero attached hydrogens (tertiary/aromatic N) is 6. The summed E-state index contributed by atoms with van der Waals surface area (Å²) in [5, 5.41) is 12.3. The molecule has 4 atom stereocenters. The molecular formula is C47H60N7O8P. The first-order chi connectivity index (χ1) is 30.3. The van der Waals surface area contributed by atoms with Gasteiger partial charge in [-0.25, -0.2) is 9.65 Å².